The Morgan fingerprint density at radius 2 is 0.762 bits per heavy atom. The zero-order valence-electron chi connectivity index (χ0n) is 46.1. The molecule has 33 heteroatoms. The van der Waals surface area contributed by atoms with Gasteiger partial charge >= 0.3 is 5.97 Å². The number of nitrogens with two attached hydrogens (primary N) is 6. The van der Waals surface area contributed by atoms with Gasteiger partial charge in [-0.3, -0.25) is 71.9 Å². The largest absolute Gasteiger partial charge is 0.508 e. The number of aromatic hydroxyl groups is 2. The summed E-state index contributed by atoms with van der Waals surface area (Å²) in [7, 11) is 0. The van der Waals surface area contributed by atoms with Crippen molar-refractivity contribution < 1.29 is 87.2 Å². The number of primary amides is 5. The molecular formula is C51H73N15O18. The number of hydrogen-bond donors (Lipinski definition) is 18. The number of rotatable bonds is 37. The molecule has 0 spiro atoms. The van der Waals surface area contributed by atoms with E-state index in [-0.39, 0.29) is 30.8 Å². The third kappa shape index (κ3) is 26.5. The Morgan fingerprint density at radius 3 is 1.15 bits per heavy atom. The van der Waals surface area contributed by atoms with Gasteiger partial charge in [0.2, 0.25) is 82.7 Å². The Balaban J connectivity index is 2.36. The van der Waals surface area contributed by atoms with E-state index in [0.717, 1.165) is 6.92 Å². The minimum atomic E-state index is -1.97. The van der Waals surface area contributed by atoms with Crippen LogP contribution in [0, 0.1) is 5.92 Å². The van der Waals surface area contributed by atoms with E-state index in [1.807, 2.05) is 0 Å². The van der Waals surface area contributed by atoms with Crippen LogP contribution in [0.5, 0.6) is 11.5 Å². The number of aliphatic carboxylic acids is 1. The van der Waals surface area contributed by atoms with Gasteiger partial charge in [0.1, 0.15) is 59.8 Å². The number of carboxylic acids is 1. The summed E-state index contributed by atoms with van der Waals surface area (Å²) in [5, 5.41) is 49.0. The van der Waals surface area contributed by atoms with Crippen molar-refractivity contribution in [1.82, 2.24) is 47.9 Å². The number of phenolic OH excluding ortho intramolecular Hbond substituents is 2. The van der Waals surface area contributed by atoms with Crippen molar-refractivity contribution in [2.45, 2.75) is 139 Å². The van der Waals surface area contributed by atoms with Crippen LogP contribution in [0.15, 0.2) is 48.5 Å². The Kier molecular flexibility index (Phi) is 28.7. The quantitative estimate of drug-likeness (QED) is 0.0299. The second kappa shape index (κ2) is 34.4. The molecule has 2 aromatic rings. The Morgan fingerprint density at radius 1 is 0.417 bits per heavy atom. The third-order valence-electron chi connectivity index (χ3n) is 12.0. The molecule has 0 saturated carbocycles. The molecular weight excluding hydrogens is 1110 g/mol. The highest BCUT2D eigenvalue weighted by Crippen LogP contribution is 2.14. The van der Waals surface area contributed by atoms with Crippen molar-refractivity contribution in [3.8, 4) is 11.5 Å². The molecule has 0 fully saturated rings. The van der Waals surface area contributed by atoms with E-state index in [1.54, 1.807) is 13.8 Å². The van der Waals surface area contributed by atoms with Gasteiger partial charge in [0, 0.05) is 19.3 Å². The molecule has 2 rings (SSSR count). The normalized spacial score (nSPS) is 14.1. The molecule has 0 unspecified atom stereocenters. The van der Waals surface area contributed by atoms with Gasteiger partial charge in [-0.05, 0) is 73.9 Å². The number of carboxylic acid groups (broad SMARTS) is 1. The molecule has 14 amide bonds. The highest BCUT2D eigenvalue weighted by molar-refractivity contribution is 6.00. The first-order chi connectivity index (χ1) is 39.2. The number of carbonyl (C=O) groups excluding carboxylic acids is 14. The summed E-state index contributed by atoms with van der Waals surface area (Å²) in [4.78, 5) is 194. The fraction of sp³-hybridized carbons (Fsp3) is 0.471. The van der Waals surface area contributed by atoms with Crippen LogP contribution in [-0.2, 0) is 84.8 Å². The van der Waals surface area contributed by atoms with E-state index >= 15 is 0 Å². The van der Waals surface area contributed by atoms with E-state index in [9.17, 15) is 87.2 Å². The lowest BCUT2D eigenvalue weighted by atomic mass is 10.0. The molecule has 0 aliphatic rings. The van der Waals surface area contributed by atoms with E-state index in [2.05, 4.69) is 47.9 Å². The SMILES string of the molecule is CC(C)C[C@H](NC(=O)[C@H](CC(N)=O)NC(=O)[C@H](CC(N)=O)NC(=O)[C@H](CC(N)=O)NC(=O)[C@@H](N)Cc1ccc(O)cc1)C(=O)N[C@@H](CCC(N)=O)C(=O)NCC(=O)N[C@@H](Cc1ccc(O)cc1)C(=O)N[C@@H](CCC(N)=O)C(=O)N[C@@H](C)C(=O)O. The van der Waals surface area contributed by atoms with Crippen molar-refractivity contribution in [1.29, 1.82) is 0 Å². The van der Waals surface area contributed by atoms with Gasteiger partial charge in [-0.15, -0.1) is 0 Å². The van der Waals surface area contributed by atoms with Gasteiger partial charge in [0.15, 0.2) is 0 Å². The molecule has 24 N–H and O–H groups in total. The molecule has 84 heavy (non-hydrogen) atoms. The lowest BCUT2D eigenvalue weighted by molar-refractivity contribution is -0.142. The molecule has 460 valence electrons. The first-order valence-corrected chi connectivity index (χ1v) is 25.9. The topological polar surface area (TPSA) is 581 Å². The van der Waals surface area contributed by atoms with Gasteiger partial charge in [-0.2, -0.15) is 0 Å². The van der Waals surface area contributed by atoms with Gasteiger partial charge in [-0.1, -0.05) is 38.1 Å². The first kappa shape index (κ1) is 70.2. The second-order valence-corrected chi connectivity index (χ2v) is 19.8. The lowest BCUT2D eigenvalue weighted by Gasteiger charge is -2.27. The minimum absolute atomic E-state index is 0.0668. The number of benzene rings is 2. The van der Waals surface area contributed by atoms with Crippen LogP contribution < -0.4 is 82.3 Å². The summed E-state index contributed by atoms with van der Waals surface area (Å²) < 4.78 is 0. The third-order valence-corrected chi connectivity index (χ3v) is 12.0. The Labute approximate surface area is 480 Å². The van der Waals surface area contributed by atoms with Gasteiger partial charge in [-0.25, -0.2) is 0 Å². The van der Waals surface area contributed by atoms with Crippen molar-refractivity contribution in [2.24, 2.45) is 40.3 Å². The molecule has 0 heterocycles. The van der Waals surface area contributed by atoms with Crippen LogP contribution in [0.3, 0.4) is 0 Å². The van der Waals surface area contributed by atoms with Crippen molar-refractivity contribution >= 4 is 88.7 Å². The second-order valence-electron chi connectivity index (χ2n) is 19.8. The summed E-state index contributed by atoms with van der Waals surface area (Å²) in [6.45, 7) is 3.45. The van der Waals surface area contributed by atoms with E-state index in [4.69, 9.17) is 34.4 Å². The molecule has 0 bridgehead atoms. The van der Waals surface area contributed by atoms with Crippen molar-refractivity contribution in [2.75, 3.05) is 6.54 Å². The maximum Gasteiger partial charge on any atom is 0.325 e. The van der Waals surface area contributed by atoms with Crippen LogP contribution in [-0.4, -0.2) is 165 Å². The van der Waals surface area contributed by atoms with Gasteiger partial charge < -0.3 is 97.6 Å². The number of hydrogen-bond acceptors (Lipinski definition) is 18. The molecule has 0 aromatic heterocycles. The fourth-order valence-corrected chi connectivity index (χ4v) is 7.65. The summed E-state index contributed by atoms with van der Waals surface area (Å²) in [5.74, 6) is -17.5. The summed E-state index contributed by atoms with van der Waals surface area (Å²) in [6.07, 6.45) is -5.27. The number of amides is 14. The van der Waals surface area contributed by atoms with Crippen molar-refractivity contribution in [3.63, 3.8) is 0 Å². The fourth-order valence-electron chi connectivity index (χ4n) is 7.65. The highest BCUT2D eigenvalue weighted by Gasteiger charge is 2.36. The maximum atomic E-state index is 14.0. The summed E-state index contributed by atoms with van der Waals surface area (Å²) in [5.41, 5.74) is 33.5. The van der Waals surface area contributed by atoms with Crippen LogP contribution in [0.4, 0.5) is 0 Å². The first-order valence-electron chi connectivity index (χ1n) is 25.9. The molecule has 0 aliphatic carbocycles. The zero-order valence-corrected chi connectivity index (χ0v) is 46.1. The molecule has 2 aromatic carbocycles. The van der Waals surface area contributed by atoms with E-state index < -0.39 is 200 Å². The lowest BCUT2D eigenvalue weighted by Crippen LogP contribution is -2.60. The van der Waals surface area contributed by atoms with Crippen LogP contribution in [0.1, 0.15) is 83.3 Å². The summed E-state index contributed by atoms with van der Waals surface area (Å²) in [6, 6.07) is -3.95. The number of nitrogens with one attached hydrogen (secondary N) is 9. The summed E-state index contributed by atoms with van der Waals surface area (Å²) >= 11 is 0. The molecule has 0 aliphatic heterocycles. The van der Waals surface area contributed by atoms with E-state index in [1.165, 1.54) is 48.5 Å². The highest BCUT2D eigenvalue weighted by atomic mass is 16.4. The average Bonchev–Trinajstić information content (AvgIpc) is 3.40. The number of carbonyl (C=O) groups is 15. The maximum absolute atomic E-state index is 14.0. The van der Waals surface area contributed by atoms with Crippen LogP contribution in [0.2, 0.25) is 0 Å². The predicted octanol–water partition coefficient (Wildman–Crippen LogP) is -7.49. The van der Waals surface area contributed by atoms with E-state index in [0.29, 0.717) is 11.1 Å². The minimum Gasteiger partial charge on any atom is -0.508 e. The number of phenols is 2. The standard InChI is InChI=1S/C51H73N15O18/c1-23(2)16-32(64-49(81)35(20-40(56)72)66-50(82)36(21-41(57)73)65-48(80)34(19-39(55)71)63-43(75)29(52)17-25-4-8-27(67)9-5-25)46(78)61-30(12-14-37(53)69)44(76)58-22-42(74)60-33(18-26-6-10-28(68)11-7-26)47(79)62-31(13-15-38(54)70)45(77)59-24(3)51(83)84/h4-11,23-24,29-36,67-68H,12-22,52H2,1-3H3,(H2,53,69)(H2,54,70)(H2,55,71)(H2,56,72)(H2,57,73)(H,58,76)(H,59,77)(H,60,74)(H,61,78)(H,62,79)(H,63,75)(H,64,81)(H,65,80)(H,66,82)(H,83,84)/t24-,29-,30-,31-,32-,33-,34-,35-,36-/m0/s1. The monoisotopic (exact) mass is 1180 g/mol. The molecule has 0 saturated heterocycles. The molecule has 0 radical (unpaired) electrons. The average molecular weight is 1180 g/mol. The molecule has 33 nitrogen and oxygen atoms in total. The Hall–Kier alpha value is -9.95. The van der Waals surface area contributed by atoms with Gasteiger partial charge in [0.25, 0.3) is 0 Å². The smallest absolute Gasteiger partial charge is 0.325 e. The zero-order chi connectivity index (χ0) is 63.5. The van der Waals surface area contributed by atoms with Crippen LogP contribution >= 0.6 is 0 Å². The molecule has 9 atom stereocenters. The Bertz CT molecular complexity index is 2740. The van der Waals surface area contributed by atoms with Crippen molar-refractivity contribution in [3.05, 3.63) is 59.7 Å². The van der Waals surface area contributed by atoms with Crippen LogP contribution in [0.25, 0.3) is 0 Å². The van der Waals surface area contributed by atoms with Gasteiger partial charge in [0.05, 0.1) is 31.8 Å². The predicted molar refractivity (Wildman–Crippen MR) is 291 cm³/mol.